The Balaban J connectivity index is 1.95. The van der Waals surface area contributed by atoms with E-state index in [0.29, 0.717) is 17.4 Å². The molecule has 2 aromatic heterocycles. The molecule has 0 aromatic carbocycles. The molecule has 96 valence electrons. The lowest BCUT2D eigenvalue weighted by atomic mass is 10.4. The summed E-state index contributed by atoms with van der Waals surface area (Å²) in [5, 5.41) is 8.68. The van der Waals surface area contributed by atoms with Gasteiger partial charge < -0.3 is 15.6 Å². The van der Waals surface area contributed by atoms with Crippen molar-refractivity contribution in [1.82, 2.24) is 20.4 Å². The van der Waals surface area contributed by atoms with Gasteiger partial charge in [-0.05, 0) is 13.8 Å². The molecule has 0 fully saturated rings. The number of aromatic nitrogens is 3. The number of thiazole rings is 1. The van der Waals surface area contributed by atoms with E-state index in [1.165, 1.54) is 11.3 Å². The summed E-state index contributed by atoms with van der Waals surface area (Å²) in [5.41, 5.74) is 6.03. The van der Waals surface area contributed by atoms with Gasteiger partial charge in [0.05, 0.1) is 12.6 Å². The number of hydrogen-bond acceptors (Lipinski definition) is 7. The van der Waals surface area contributed by atoms with Crippen LogP contribution in [0.4, 0.5) is 0 Å². The normalized spacial score (nSPS) is 12.4. The molecule has 2 rings (SSSR count). The first-order chi connectivity index (χ1) is 8.56. The third-order valence-electron chi connectivity index (χ3n) is 2.11. The van der Waals surface area contributed by atoms with Gasteiger partial charge in [-0.2, -0.15) is 4.98 Å². The van der Waals surface area contributed by atoms with Gasteiger partial charge in [-0.25, -0.2) is 4.98 Å². The van der Waals surface area contributed by atoms with Gasteiger partial charge in [0.25, 0.3) is 5.91 Å². The van der Waals surface area contributed by atoms with E-state index in [4.69, 9.17) is 10.3 Å². The highest BCUT2D eigenvalue weighted by Crippen LogP contribution is 2.15. The van der Waals surface area contributed by atoms with E-state index in [-0.39, 0.29) is 18.5 Å². The summed E-state index contributed by atoms with van der Waals surface area (Å²) >= 11 is 1.36. The number of hydrogen-bond donors (Lipinski definition) is 2. The summed E-state index contributed by atoms with van der Waals surface area (Å²) in [7, 11) is 0. The van der Waals surface area contributed by atoms with Crippen LogP contribution >= 0.6 is 11.3 Å². The molecule has 2 aromatic rings. The Hall–Kier alpha value is -1.80. The van der Waals surface area contributed by atoms with E-state index in [2.05, 4.69) is 20.4 Å². The predicted octanol–water partition coefficient (Wildman–Crippen LogP) is 0.784. The minimum Gasteiger partial charge on any atom is -0.342 e. The van der Waals surface area contributed by atoms with Crippen molar-refractivity contribution in [2.75, 3.05) is 0 Å². The Morgan fingerprint density at radius 1 is 1.61 bits per heavy atom. The predicted molar refractivity (Wildman–Crippen MR) is 64.9 cm³/mol. The second kappa shape index (κ2) is 5.23. The van der Waals surface area contributed by atoms with Gasteiger partial charge in [0.2, 0.25) is 5.89 Å². The van der Waals surface area contributed by atoms with Crippen LogP contribution in [0.25, 0.3) is 0 Å². The van der Waals surface area contributed by atoms with Crippen LogP contribution < -0.4 is 11.1 Å². The second-order valence-electron chi connectivity index (χ2n) is 3.78. The van der Waals surface area contributed by atoms with E-state index in [1.54, 1.807) is 12.3 Å². The molecule has 0 saturated heterocycles. The SMILES string of the molecule is Cc1noc(CNC(=O)c2csc(C(C)N)n2)n1. The average Bonchev–Trinajstić information content (AvgIpc) is 2.94. The summed E-state index contributed by atoms with van der Waals surface area (Å²) < 4.78 is 4.88. The molecule has 0 aliphatic carbocycles. The summed E-state index contributed by atoms with van der Waals surface area (Å²) in [6.45, 7) is 3.72. The summed E-state index contributed by atoms with van der Waals surface area (Å²) in [4.78, 5) is 19.9. The first kappa shape index (κ1) is 12.7. The highest BCUT2D eigenvalue weighted by Gasteiger charge is 2.13. The van der Waals surface area contributed by atoms with E-state index in [0.717, 1.165) is 5.01 Å². The quantitative estimate of drug-likeness (QED) is 0.847. The Morgan fingerprint density at radius 2 is 2.39 bits per heavy atom. The Kier molecular flexibility index (Phi) is 3.68. The lowest BCUT2D eigenvalue weighted by Gasteiger charge is -1.99. The first-order valence-electron chi connectivity index (χ1n) is 5.34. The minimum absolute atomic E-state index is 0.171. The highest BCUT2D eigenvalue weighted by molar-refractivity contribution is 7.09. The molecule has 8 heteroatoms. The van der Waals surface area contributed by atoms with Crippen LogP contribution in [-0.2, 0) is 6.54 Å². The number of nitrogens with two attached hydrogens (primary N) is 1. The van der Waals surface area contributed by atoms with Crippen molar-refractivity contribution in [3.63, 3.8) is 0 Å². The molecule has 1 unspecified atom stereocenters. The number of carbonyl (C=O) groups excluding carboxylic acids is 1. The van der Waals surface area contributed by atoms with Crippen molar-refractivity contribution in [1.29, 1.82) is 0 Å². The molecule has 1 atom stereocenters. The van der Waals surface area contributed by atoms with Crippen LogP contribution in [0.3, 0.4) is 0 Å². The molecule has 0 bridgehead atoms. The first-order valence-corrected chi connectivity index (χ1v) is 6.22. The molecular weight excluding hydrogens is 254 g/mol. The van der Waals surface area contributed by atoms with Gasteiger partial charge >= 0.3 is 0 Å². The van der Waals surface area contributed by atoms with Crippen LogP contribution in [0.1, 0.15) is 40.2 Å². The maximum Gasteiger partial charge on any atom is 0.271 e. The molecule has 1 amide bonds. The summed E-state index contributed by atoms with van der Waals surface area (Å²) in [5.74, 6) is 0.615. The number of amides is 1. The van der Waals surface area contributed by atoms with E-state index in [1.807, 2.05) is 6.92 Å². The molecule has 7 nitrogen and oxygen atoms in total. The van der Waals surface area contributed by atoms with Crippen molar-refractivity contribution in [3.8, 4) is 0 Å². The number of nitrogens with one attached hydrogen (secondary N) is 1. The topological polar surface area (TPSA) is 107 Å². The standard InChI is InChI=1S/C10H13N5O2S/c1-5(11)10-14-7(4-18-10)9(16)12-3-8-13-6(2)15-17-8/h4-5H,3,11H2,1-2H3,(H,12,16). The number of carbonyl (C=O) groups is 1. The van der Waals surface area contributed by atoms with Gasteiger partial charge in [0, 0.05) is 5.38 Å². The summed E-state index contributed by atoms with van der Waals surface area (Å²) in [6.07, 6.45) is 0. The van der Waals surface area contributed by atoms with Gasteiger partial charge in [-0.1, -0.05) is 5.16 Å². The third-order valence-corrected chi connectivity index (χ3v) is 3.16. The summed E-state index contributed by atoms with van der Waals surface area (Å²) in [6, 6.07) is -0.171. The van der Waals surface area contributed by atoms with E-state index >= 15 is 0 Å². The maximum absolute atomic E-state index is 11.8. The number of rotatable bonds is 4. The number of aryl methyl sites for hydroxylation is 1. The Labute approximate surface area is 107 Å². The minimum atomic E-state index is -0.283. The van der Waals surface area contributed by atoms with Crippen LogP contribution in [-0.4, -0.2) is 21.0 Å². The zero-order valence-corrected chi connectivity index (χ0v) is 10.8. The average molecular weight is 267 g/mol. The molecule has 0 saturated carbocycles. The largest absolute Gasteiger partial charge is 0.342 e. The molecule has 2 heterocycles. The van der Waals surface area contributed by atoms with Crippen molar-refractivity contribution < 1.29 is 9.32 Å². The van der Waals surface area contributed by atoms with Gasteiger partial charge in [0.1, 0.15) is 10.7 Å². The molecular formula is C10H13N5O2S. The Bertz CT molecular complexity index is 548. The molecule has 3 N–H and O–H groups in total. The van der Waals surface area contributed by atoms with E-state index in [9.17, 15) is 4.79 Å². The van der Waals surface area contributed by atoms with Crippen molar-refractivity contribution >= 4 is 17.2 Å². The van der Waals surface area contributed by atoms with Crippen LogP contribution in [0.5, 0.6) is 0 Å². The Morgan fingerprint density at radius 3 is 2.94 bits per heavy atom. The molecule has 18 heavy (non-hydrogen) atoms. The van der Waals surface area contributed by atoms with Gasteiger partial charge in [-0.3, -0.25) is 4.79 Å². The van der Waals surface area contributed by atoms with E-state index < -0.39 is 0 Å². The molecule has 0 aliphatic rings. The van der Waals surface area contributed by atoms with Crippen molar-refractivity contribution in [2.24, 2.45) is 5.73 Å². The monoisotopic (exact) mass is 267 g/mol. The fourth-order valence-corrected chi connectivity index (χ4v) is 2.02. The fraction of sp³-hybridized carbons (Fsp3) is 0.400. The van der Waals surface area contributed by atoms with Crippen molar-refractivity contribution in [2.45, 2.75) is 26.4 Å². The van der Waals surface area contributed by atoms with Crippen LogP contribution in [0, 0.1) is 6.92 Å². The van der Waals surface area contributed by atoms with Crippen LogP contribution in [0.2, 0.25) is 0 Å². The van der Waals surface area contributed by atoms with Gasteiger partial charge in [-0.15, -0.1) is 11.3 Å². The smallest absolute Gasteiger partial charge is 0.271 e. The number of nitrogens with zero attached hydrogens (tertiary/aromatic N) is 3. The third kappa shape index (κ3) is 2.90. The highest BCUT2D eigenvalue weighted by atomic mass is 32.1. The van der Waals surface area contributed by atoms with Crippen molar-refractivity contribution in [3.05, 3.63) is 27.8 Å². The van der Waals surface area contributed by atoms with Crippen LogP contribution in [0.15, 0.2) is 9.90 Å². The molecule has 0 spiro atoms. The molecule has 0 aliphatic heterocycles. The molecule has 0 radical (unpaired) electrons. The lowest BCUT2D eigenvalue weighted by Crippen LogP contribution is -2.23. The van der Waals surface area contributed by atoms with Gasteiger partial charge in [0.15, 0.2) is 5.82 Å². The maximum atomic E-state index is 11.8. The second-order valence-corrected chi connectivity index (χ2v) is 4.67. The fourth-order valence-electron chi connectivity index (χ4n) is 1.26. The lowest BCUT2D eigenvalue weighted by molar-refractivity contribution is 0.0942. The zero-order chi connectivity index (χ0) is 13.1. The zero-order valence-electron chi connectivity index (χ0n) is 10.0.